The molecule has 1 atom stereocenters. The lowest BCUT2D eigenvalue weighted by Gasteiger charge is -2.16. The second kappa shape index (κ2) is 8.13. The first kappa shape index (κ1) is 19.4. The van der Waals surface area contributed by atoms with Gasteiger partial charge in [0.2, 0.25) is 5.91 Å². The maximum atomic E-state index is 13.1. The maximum absolute atomic E-state index is 13.1. The molecule has 0 bridgehead atoms. The van der Waals surface area contributed by atoms with Crippen LogP contribution in [-0.2, 0) is 24.2 Å². The molecule has 0 saturated heterocycles. The Morgan fingerprint density at radius 2 is 2.04 bits per heavy atom. The number of carbonyl (C=O) groups is 1. The molecule has 0 aliphatic heterocycles. The van der Waals surface area contributed by atoms with Crippen molar-refractivity contribution in [3.05, 3.63) is 20.8 Å². The normalized spacial score (nSPS) is 15.3. The molecule has 5 nitrogen and oxygen atoms in total. The van der Waals surface area contributed by atoms with Crippen molar-refractivity contribution in [3.63, 3.8) is 0 Å². The third-order valence-corrected chi connectivity index (χ3v) is 6.97. The first-order valence-corrected chi connectivity index (χ1v) is 11.1. The third-order valence-electron chi connectivity index (χ3n) is 4.69. The molecule has 1 aliphatic carbocycles. The van der Waals surface area contributed by atoms with Crippen molar-refractivity contribution in [1.29, 1.82) is 0 Å². The number of hydrogen-bond donors (Lipinski definition) is 1. The molecule has 0 radical (unpaired) electrons. The largest absolute Gasteiger partial charge is 0.355 e. The fraction of sp³-hybridized carbons (Fsp3) is 0.632. The number of carbonyl (C=O) groups excluding carboxylic acids is 1. The third kappa shape index (κ3) is 3.83. The van der Waals surface area contributed by atoms with E-state index in [0.29, 0.717) is 24.2 Å². The quantitative estimate of drug-likeness (QED) is 0.601. The highest BCUT2D eigenvalue weighted by molar-refractivity contribution is 8.00. The van der Waals surface area contributed by atoms with Crippen molar-refractivity contribution < 1.29 is 4.79 Å². The van der Waals surface area contributed by atoms with Crippen molar-refractivity contribution >= 4 is 39.2 Å². The van der Waals surface area contributed by atoms with Crippen molar-refractivity contribution in [2.75, 3.05) is 6.54 Å². The van der Waals surface area contributed by atoms with E-state index in [1.807, 2.05) is 13.8 Å². The molecule has 1 aliphatic rings. The summed E-state index contributed by atoms with van der Waals surface area (Å²) >= 11 is 3.03. The summed E-state index contributed by atoms with van der Waals surface area (Å²) in [5.74, 6) is 0.406. The first-order chi connectivity index (χ1) is 12.4. The zero-order valence-corrected chi connectivity index (χ0v) is 17.6. The van der Waals surface area contributed by atoms with E-state index < -0.39 is 0 Å². The van der Waals surface area contributed by atoms with Crippen LogP contribution in [0.25, 0.3) is 10.2 Å². The first-order valence-electron chi connectivity index (χ1n) is 9.41. The molecule has 0 spiro atoms. The Kier molecular flexibility index (Phi) is 6.07. The topological polar surface area (TPSA) is 64.0 Å². The fourth-order valence-electron chi connectivity index (χ4n) is 3.25. The van der Waals surface area contributed by atoms with Crippen LogP contribution < -0.4 is 10.9 Å². The maximum Gasteiger partial charge on any atom is 0.263 e. The predicted octanol–water partition coefficient (Wildman–Crippen LogP) is 3.61. The van der Waals surface area contributed by atoms with E-state index in [1.54, 1.807) is 15.9 Å². The van der Waals surface area contributed by atoms with Crippen LogP contribution in [-0.4, -0.2) is 27.3 Å². The molecule has 2 aromatic heterocycles. The lowest BCUT2D eigenvalue weighted by molar-refractivity contribution is -0.120. The fourth-order valence-corrected chi connectivity index (χ4v) is 5.55. The Balaban J connectivity index is 1.93. The summed E-state index contributed by atoms with van der Waals surface area (Å²) in [5.41, 5.74) is 1.27. The molecule has 3 rings (SSSR count). The standard InChI is InChI=1S/C19H27N3O2S2/c1-5-22-18(24)15-13-8-6-7-9-14(13)26-17(15)21-19(22)25-12(4)16(23)20-10-11(2)3/h11-12H,5-10H2,1-4H3,(H,20,23). The summed E-state index contributed by atoms with van der Waals surface area (Å²) in [6, 6.07) is 0. The number of thioether (sulfide) groups is 1. The molecule has 1 N–H and O–H groups in total. The molecule has 142 valence electrons. The number of aromatic nitrogens is 2. The second-order valence-electron chi connectivity index (χ2n) is 7.23. The Bertz CT molecular complexity index is 870. The van der Waals surface area contributed by atoms with Crippen LogP contribution in [0.1, 0.15) is 51.0 Å². The molecule has 0 aromatic carbocycles. The van der Waals surface area contributed by atoms with Gasteiger partial charge < -0.3 is 5.32 Å². The average Bonchev–Trinajstić information content (AvgIpc) is 2.98. The number of rotatable bonds is 6. The van der Waals surface area contributed by atoms with Crippen LogP contribution >= 0.6 is 23.1 Å². The minimum absolute atomic E-state index is 0.00817. The van der Waals surface area contributed by atoms with Gasteiger partial charge in [-0.25, -0.2) is 4.98 Å². The minimum atomic E-state index is -0.287. The Morgan fingerprint density at radius 3 is 2.73 bits per heavy atom. The van der Waals surface area contributed by atoms with Crippen LogP contribution in [0.15, 0.2) is 9.95 Å². The van der Waals surface area contributed by atoms with E-state index in [0.717, 1.165) is 29.5 Å². The monoisotopic (exact) mass is 393 g/mol. The van der Waals surface area contributed by atoms with Crippen LogP contribution in [0.2, 0.25) is 0 Å². The van der Waals surface area contributed by atoms with Gasteiger partial charge in [0.05, 0.1) is 10.6 Å². The SMILES string of the molecule is CCn1c(SC(C)C(=O)NCC(C)C)nc2sc3c(c2c1=O)CCCC3. The van der Waals surface area contributed by atoms with Gasteiger partial charge in [0.1, 0.15) is 4.83 Å². The van der Waals surface area contributed by atoms with E-state index >= 15 is 0 Å². The number of thiophene rings is 1. The average molecular weight is 394 g/mol. The summed E-state index contributed by atoms with van der Waals surface area (Å²) < 4.78 is 1.72. The highest BCUT2D eigenvalue weighted by atomic mass is 32.2. The van der Waals surface area contributed by atoms with Gasteiger partial charge in [-0.15, -0.1) is 11.3 Å². The summed E-state index contributed by atoms with van der Waals surface area (Å²) in [4.78, 5) is 32.4. The smallest absolute Gasteiger partial charge is 0.263 e. The molecule has 0 saturated carbocycles. The molecule has 7 heteroatoms. The molecule has 2 aromatic rings. The van der Waals surface area contributed by atoms with Crippen LogP contribution in [0.3, 0.4) is 0 Å². The van der Waals surface area contributed by atoms with E-state index in [2.05, 4.69) is 19.2 Å². The van der Waals surface area contributed by atoms with Gasteiger partial charge in [0.15, 0.2) is 5.16 Å². The lowest BCUT2D eigenvalue weighted by Crippen LogP contribution is -2.34. The highest BCUT2D eigenvalue weighted by Crippen LogP contribution is 2.35. The minimum Gasteiger partial charge on any atom is -0.355 e. The van der Waals surface area contributed by atoms with Crippen molar-refractivity contribution in [3.8, 4) is 0 Å². The second-order valence-corrected chi connectivity index (χ2v) is 9.63. The number of nitrogens with one attached hydrogen (secondary N) is 1. The Hall–Kier alpha value is -1.34. The summed E-state index contributed by atoms with van der Waals surface area (Å²) in [7, 11) is 0. The Morgan fingerprint density at radius 1 is 1.31 bits per heavy atom. The van der Waals surface area contributed by atoms with Crippen molar-refractivity contribution in [2.24, 2.45) is 5.92 Å². The number of nitrogens with zero attached hydrogens (tertiary/aromatic N) is 2. The van der Waals surface area contributed by atoms with E-state index in [4.69, 9.17) is 4.98 Å². The predicted molar refractivity (Wildman–Crippen MR) is 109 cm³/mol. The molecule has 0 fully saturated rings. The molecule has 2 heterocycles. The molecule has 1 unspecified atom stereocenters. The van der Waals surface area contributed by atoms with E-state index in [9.17, 15) is 9.59 Å². The summed E-state index contributed by atoms with van der Waals surface area (Å²) in [6.07, 6.45) is 4.37. The van der Waals surface area contributed by atoms with Gasteiger partial charge >= 0.3 is 0 Å². The zero-order valence-electron chi connectivity index (χ0n) is 15.9. The number of aryl methyl sites for hydroxylation is 2. The summed E-state index contributed by atoms with van der Waals surface area (Å²) in [5, 5.41) is 4.13. The molecular formula is C19H27N3O2S2. The summed E-state index contributed by atoms with van der Waals surface area (Å²) in [6.45, 7) is 9.20. The lowest BCUT2D eigenvalue weighted by atomic mass is 9.97. The van der Waals surface area contributed by atoms with E-state index in [1.165, 1.54) is 28.6 Å². The van der Waals surface area contributed by atoms with Gasteiger partial charge in [-0.05, 0) is 51.0 Å². The van der Waals surface area contributed by atoms with Crippen molar-refractivity contribution in [1.82, 2.24) is 14.9 Å². The molecule has 1 amide bonds. The van der Waals surface area contributed by atoms with Crippen LogP contribution in [0, 0.1) is 5.92 Å². The van der Waals surface area contributed by atoms with Gasteiger partial charge in [0, 0.05) is 18.0 Å². The number of hydrogen-bond acceptors (Lipinski definition) is 5. The number of fused-ring (bicyclic) bond motifs is 3. The van der Waals surface area contributed by atoms with Gasteiger partial charge in [-0.2, -0.15) is 0 Å². The number of amides is 1. The van der Waals surface area contributed by atoms with Gasteiger partial charge in [0.25, 0.3) is 5.56 Å². The van der Waals surface area contributed by atoms with E-state index in [-0.39, 0.29) is 16.7 Å². The molecule has 26 heavy (non-hydrogen) atoms. The van der Waals surface area contributed by atoms with Gasteiger partial charge in [-0.3, -0.25) is 14.2 Å². The molecular weight excluding hydrogens is 366 g/mol. The highest BCUT2D eigenvalue weighted by Gasteiger charge is 2.24. The van der Waals surface area contributed by atoms with Crippen molar-refractivity contribution in [2.45, 2.75) is 70.3 Å². The Labute approximate surface area is 162 Å². The van der Waals surface area contributed by atoms with Crippen LogP contribution in [0.5, 0.6) is 0 Å². The van der Waals surface area contributed by atoms with Gasteiger partial charge in [-0.1, -0.05) is 25.6 Å². The zero-order chi connectivity index (χ0) is 18.8. The van der Waals surface area contributed by atoms with Crippen LogP contribution in [0.4, 0.5) is 0 Å².